The predicted molar refractivity (Wildman–Crippen MR) is 78.2 cm³/mol. The van der Waals surface area contributed by atoms with Gasteiger partial charge in [0.15, 0.2) is 5.13 Å². The van der Waals surface area contributed by atoms with E-state index in [4.69, 9.17) is 5.73 Å². The second-order valence-corrected chi connectivity index (χ2v) is 5.48. The molecule has 1 atom stereocenters. The smallest absolute Gasteiger partial charge is 0.247 e. The molecule has 2 rings (SSSR count). The van der Waals surface area contributed by atoms with Crippen LogP contribution in [-0.2, 0) is 11.2 Å². The number of carbonyl (C=O) groups is 1. The van der Waals surface area contributed by atoms with Crippen LogP contribution in [-0.4, -0.2) is 10.9 Å². The van der Waals surface area contributed by atoms with Gasteiger partial charge in [0.2, 0.25) is 5.91 Å². The van der Waals surface area contributed by atoms with Crippen LogP contribution in [0.1, 0.15) is 29.0 Å². The van der Waals surface area contributed by atoms with E-state index in [1.165, 1.54) is 11.3 Å². The summed E-state index contributed by atoms with van der Waals surface area (Å²) in [6, 6.07) is 6.97. The van der Waals surface area contributed by atoms with Crippen molar-refractivity contribution in [3.05, 3.63) is 46.5 Å². The molecule has 4 nitrogen and oxygen atoms in total. The molecule has 1 unspecified atom stereocenters. The largest absolute Gasteiger partial charge is 0.316 e. The van der Waals surface area contributed by atoms with Gasteiger partial charge in [-0.1, -0.05) is 36.8 Å². The van der Waals surface area contributed by atoms with Crippen molar-refractivity contribution in [2.24, 2.45) is 5.73 Å². The maximum absolute atomic E-state index is 12.0. The number of aromatic nitrogens is 1. The second-order valence-electron chi connectivity index (χ2n) is 4.36. The molecule has 0 aliphatic rings. The number of anilines is 1. The Morgan fingerprint density at radius 1 is 1.42 bits per heavy atom. The van der Waals surface area contributed by atoms with E-state index in [-0.39, 0.29) is 5.91 Å². The summed E-state index contributed by atoms with van der Waals surface area (Å²) in [4.78, 5) is 17.3. The van der Waals surface area contributed by atoms with Crippen LogP contribution in [0, 0.1) is 6.92 Å². The van der Waals surface area contributed by atoms with Crippen molar-refractivity contribution in [1.29, 1.82) is 0 Å². The van der Waals surface area contributed by atoms with Gasteiger partial charge in [0.25, 0.3) is 0 Å². The topological polar surface area (TPSA) is 68.0 Å². The molecule has 100 valence electrons. The monoisotopic (exact) mass is 275 g/mol. The summed E-state index contributed by atoms with van der Waals surface area (Å²) in [5.41, 5.74) is 7.88. The summed E-state index contributed by atoms with van der Waals surface area (Å²) in [7, 11) is 0. The molecular formula is C14H17N3OS. The standard InChI is InChI=1S/C14H17N3OS/c1-3-11-8-16-14(19-11)17-13(18)12(15)10-6-4-9(2)5-7-10/h4-8,12H,3,15H2,1-2H3,(H,16,17,18). The van der Waals surface area contributed by atoms with Crippen LogP contribution >= 0.6 is 11.3 Å². The average molecular weight is 275 g/mol. The lowest BCUT2D eigenvalue weighted by Gasteiger charge is -2.11. The summed E-state index contributed by atoms with van der Waals surface area (Å²) < 4.78 is 0. The number of nitrogens with one attached hydrogen (secondary N) is 1. The van der Waals surface area contributed by atoms with Crippen molar-refractivity contribution in [3.63, 3.8) is 0 Å². The Labute approximate surface area is 116 Å². The highest BCUT2D eigenvalue weighted by molar-refractivity contribution is 7.15. The number of rotatable bonds is 4. The lowest BCUT2D eigenvalue weighted by molar-refractivity contribution is -0.117. The lowest BCUT2D eigenvalue weighted by atomic mass is 10.1. The van der Waals surface area contributed by atoms with Crippen LogP contribution in [0.3, 0.4) is 0 Å². The Kier molecular flexibility index (Phi) is 4.29. The maximum Gasteiger partial charge on any atom is 0.247 e. The van der Waals surface area contributed by atoms with E-state index in [0.717, 1.165) is 22.4 Å². The molecular weight excluding hydrogens is 258 g/mol. The van der Waals surface area contributed by atoms with Crippen LogP contribution in [0.4, 0.5) is 5.13 Å². The summed E-state index contributed by atoms with van der Waals surface area (Å²) in [5, 5.41) is 3.35. The molecule has 0 aliphatic carbocycles. The van der Waals surface area contributed by atoms with E-state index in [1.54, 1.807) is 6.20 Å². The highest BCUT2D eigenvalue weighted by atomic mass is 32.1. The van der Waals surface area contributed by atoms with E-state index in [1.807, 2.05) is 31.2 Å². The summed E-state index contributed by atoms with van der Waals surface area (Å²) >= 11 is 1.48. The number of hydrogen-bond donors (Lipinski definition) is 2. The SMILES string of the molecule is CCc1cnc(NC(=O)C(N)c2ccc(C)cc2)s1. The normalized spacial score (nSPS) is 12.2. The van der Waals surface area contributed by atoms with Crippen LogP contribution in [0.15, 0.2) is 30.5 Å². The van der Waals surface area contributed by atoms with E-state index < -0.39 is 6.04 Å². The zero-order valence-electron chi connectivity index (χ0n) is 11.0. The zero-order chi connectivity index (χ0) is 13.8. The molecule has 1 amide bonds. The fraction of sp³-hybridized carbons (Fsp3) is 0.286. The fourth-order valence-electron chi connectivity index (χ4n) is 1.64. The van der Waals surface area contributed by atoms with Crippen LogP contribution < -0.4 is 11.1 Å². The number of hydrogen-bond acceptors (Lipinski definition) is 4. The van der Waals surface area contributed by atoms with Crippen LogP contribution in [0.2, 0.25) is 0 Å². The minimum atomic E-state index is -0.672. The molecule has 3 N–H and O–H groups in total. The van der Waals surface area contributed by atoms with Gasteiger partial charge in [0.1, 0.15) is 6.04 Å². The third-order valence-electron chi connectivity index (χ3n) is 2.85. The zero-order valence-corrected chi connectivity index (χ0v) is 11.8. The molecule has 2 aromatic rings. The number of amides is 1. The molecule has 19 heavy (non-hydrogen) atoms. The summed E-state index contributed by atoms with van der Waals surface area (Å²) in [5.74, 6) is -0.235. The molecule has 0 saturated heterocycles. The Morgan fingerprint density at radius 3 is 2.68 bits per heavy atom. The lowest BCUT2D eigenvalue weighted by Crippen LogP contribution is -2.27. The Balaban J connectivity index is 2.04. The van der Waals surface area contributed by atoms with Gasteiger partial charge in [-0.05, 0) is 18.9 Å². The average Bonchev–Trinajstić information content (AvgIpc) is 2.86. The van der Waals surface area contributed by atoms with Crippen molar-refractivity contribution >= 4 is 22.4 Å². The predicted octanol–water partition coefficient (Wildman–Crippen LogP) is 2.65. The van der Waals surface area contributed by atoms with Gasteiger partial charge in [0.05, 0.1) is 0 Å². The van der Waals surface area contributed by atoms with E-state index in [2.05, 4.69) is 17.2 Å². The molecule has 1 heterocycles. The second kappa shape index (κ2) is 5.95. The van der Waals surface area contributed by atoms with Crippen molar-refractivity contribution in [2.75, 3.05) is 5.32 Å². The van der Waals surface area contributed by atoms with Gasteiger partial charge >= 0.3 is 0 Å². The van der Waals surface area contributed by atoms with Crippen molar-refractivity contribution < 1.29 is 4.79 Å². The number of aryl methyl sites for hydroxylation is 2. The first-order valence-corrected chi connectivity index (χ1v) is 6.99. The minimum absolute atomic E-state index is 0.235. The molecule has 0 radical (unpaired) electrons. The highest BCUT2D eigenvalue weighted by Crippen LogP contribution is 2.20. The quantitative estimate of drug-likeness (QED) is 0.901. The first kappa shape index (κ1) is 13.7. The van der Waals surface area contributed by atoms with Gasteiger partial charge in [0, 0.05) is 11.1 Å². The number of thiazole rings is 1. The third kappa shape index (κ3) is 3.39. The van der Waals surface area contributed by atoms with Crippen molar-refractivity contribution in [3.8, 4) is 0 Å². The number of carbonyl (C=O) groups excluding carboxylic acids is 1. The van der Waals surface area contributed by atoms with Gasteiger partial charge in [-0.3, -0.25) is 4.79 Å². The van der Waals surface area contributed by atoms with Gasteiger partial charge in [-0.15, -0.1) is 11.3 Å². The van der Waals surface area contributed by atoms with Crippen molar-refractivity contribution in [1.82, 2.24) is 4.98 Å². The van der Waals surface area contributed by atoms with Gasteiger partial charge < -0.3 is 11.1 Å². The molecule has 1 aromatic carbocycles. The number of nitrogens with two attached hydrogens (primary N) is 1. The summed E-state index contributed by atoms with van der Waals surface area (Å²) in [6.45, 7) is 4.05. The molecule has 5 heteroatoms. The molecule has 1 aromatic heterocycles. The maximum atomic E-state index is 12.0. The van der Waals surface area contributed by atoms with E-state index in [9.17, 15) is 4.79 Å². The number of benzene rings is 1. The molecule has 0 spiro atoms. The Morgan fingerprint density at radius 2 is 2.11 bits per heavy atom. The highest BCUT2D eigenvalue weighted by Gasteiger charge is 2.16. The van der Waals surface area contributed by atoms with Crippen LogP contribution in [0.5, 0.6) is 0 Å². The van der Waals surface area contributed by atoms with Gasteiger partial charge in [-0.2, -0.15) is 0 Å². The molecule has 0 aliphatic heterocycles. The van der Waals surface area contributed by atoms with Gasteiger partial charge in [-0.25, -0.2) is 4.98 Å². The first-order chi connectivity index (χ1) is 9.10. The Hall–Kier alpha value is -1.72. The van der Waals surface area contributed by atoms with E-state index in [0.29, 0.717) is 5.13 Å². The Bertz CT molecular complexity index is 562. The fourth-order valence-corrected chi connectivity index (χ4v) is 2.39. The van der Waals surface area contributed by atoms with E-state index >= 15 is 0 Å². The van der Waals surface area contributed by atoms with Crippen molar-refractivity contribution in [2.45, 2.75) is 26.3 Å². The number of nitrogens with zero attached hydrogens (tertiary/aromatic N) is 1. The van der Waals surface area contributed by atoms with Crippen LogP contribution in [0.25, 0.3) is 0 Å². The molecule has 0 saturated carbocycles. The first-order valence-electron chi connectivity index (χ1n) is 6.18. The molecule has 0 bridgehead atoms. The summed E-state index contributed by atoms with van der Waals surface area (Å²) in [6.07, 6.45) is 2.69. The minimum Gasteiger partial charge on any atom is -0.316 e. The molecule has 0 fully saturated rings. The third-order valence-corrected chi connectivity index (χ3v) is 3.91.